The van der Waals surface area contributed by atoms with E-state index in [4.69, 9.17) is 4.74 Å². The van der Waals surface area contributed by atoms with E-state index in [-0.39, 0.29) is 23.7 Å². The topological polar surface area (TPSA) is 66.9 Å². The highest BCUT2D eigenvalue weighted by molar-refractivity contribution is 6.30. The van der Waals surface area contributed by atoms with E-state index in [2.05, 4.69) is 0 Å². The number of anilines is 1. The third-order valence-electron chi connectivity index (χ3n) is 4.30. The van der Waals surface area contributed by atoms with Crippen molar-refractivity contribution in [2.24, 2.45) is 5.92 Å². The summed E-state index contributed by atoms with van der Waals surface area (Å²) in [7, 11) is 0. The lowest BCUT2D eigenvalue weighted by Crippen LogP contribution is -2.42. The Morgan fingerprint density at radius 2 is 2.00 bits per heavy atom. The number of piperidine rings is 1. The Hall–Kier alpha value is -2.63. The van der Waals surface area contributed by atoms with Crippen molar-refractivity contribution in [3.05, 3.63) is 42.1 Å². The van der Waals surface area contributed by atoms with Crippen molar-refractivity contribution in [1.29, 1.82) is 0 Å². The molecule has 1 aromatic rings. The molecule has 2 amide bonds. The molecule has 0 bridgehead atoms. The van der Waals surface area contributed by atoms with Crippen LogP contribution in [-0.2, 0) is 19.1 Å². The van der Waals surface area contributed by atoms with Crippen molar-refractivity contribution in [3.8, 4) is 0 Å². The molecule has 0 radical (unpaired) electrons. The summed E-state index contributed by atoms with van der Waals surface area (Å²) in [5, 5.41) is 0. The van der Waals surface area contributed by atoms with Gasteiger partial charge in [-0.05, 0) is 31.9 Å². The molecule has 1 atom stereocenters. The van der Waals surface area contributed by atoms with E-state index >= 15 is 0 Å². The number of carbonyl (C=O) groups is 3. The number of ether oxygens (including phenoxy) is 1. The van der Waals surface area contributed by atoms with E-state index in [0.29, 0.717) is 31.1 Å². The maximum Gasteiger partial charge on any atom is 0.310 e. The third kappa shape index (κ3) is 3.04. The Balaban J connectivity index is 1.75. The number of esters is 1. The van der Waals surface area contributed by atoms with Gasteiger partial charge in [-0.25, -0.2) is 4.90 Å². The Morgan fingerprint density at radius 3 is 2.71 bits per heavy atom. The molecule has 2 heterocycles. The molecular weight excluding hydrogens is 308 g/mol. The first-order valence-corrected chi connectivity index (χ1v) is 8.18. The number of likely N-dealkylation sites (tertiary alicyclic amines) is 1. The summed E-state index contributed by atoms with van der Waals surface area (Å²) in [6.07, 6.45) is 2.89. The van der Waals surface area contributed by atoms with Crippen molar-refractivity contribution < 1.29 is 19.1 Å². The number of nitrogens with zero attached hydrogens (tertiary/aromatic N) is 2. The third-order valence-corrected chi connectivity index (χ3v) is 4.30. The summed E-state index contributed by atoms with van der Waals surface area (Å²) in [6, 6.07) is 8.85. The minimum absolute atomic E-state index is 0.237. The number of carbonyl (C=O) groups excluding carboxylic acids is 3. The molecule has 0 unspecified atom stereocenters. The summed E-state index contributed by atoms with van der Waals surface area (Å²) in [4.78, 5) is 39.9. The number of amides is 2. The Morgan fingerprint density at radius 1 is 1.25 bits per heavy atom. The zero-order chi connectivity index (χ0) is 17.1. The van der Waals surface area contributed by atoms with Gasteiger partial charge < -0.3 is 9.64 Å². The Bertz CT molecular complexity index is 684. The summed E-state index contributed by atoms with van der Waals surface area (Å²) in [5.74, 6) is -1.18. The zero-order valence-corrected chi connectivity index (χ0v) is 13.6. The number of hydrogen-bond acceptors (Lipinski definition) is 5. The standard InChI is InChI=1S/C18H20N2O4/c1-2-24-18(23)13-7-6-10-19(12-13)15-11-16(21)20(17(15)22)14-8-4-3-5-9-14/h3-5,8-9,11,13H,2,6-7,10,12H2,1H3/t13-/m1/s1. The van der Waals surface area contributed by atoms with Crippen LogP contribution in [0.2, 0.25) is 0 Å². The van der Waals surface area contributed by atoms with Crippen LogP contribution in [0.5, 0.6) is 0 Å². The number of para-hydroxylation sites is 1. The van der Waals surface area contributed by atoms with Crippen molar-refractivity contribution >= 4 is 23.5 Å². The van der Waals surface area contributed by atoms with Gasteiger partial charge in [0.15, 0.2) is 0 Å². The average Bonchev–Trinajstić information content (AvgIpc) is 2.90. The number of rotatable bonds is 4. The Labute approximate surface area is 140 Å². The lowest BCUT2D eigenvalue weighted by Gasteiger charge is -2.33. The molecule has 0 saturated carbocycles. The highest BCUT2D eigenvalue weighted by Gasteiger charge is 2.38. The van der Waals surface area contributed by atoms with Gasteiger partial charge in [-0.2, -0.15) is 0 Å². The quantitative estimate of drug-likeness (QED) is 0.622. The molecule has 1 saturated heterocycles. The summed E-state index contributed by atoms with van der Waals surface area (Å²) >= 11 is 0. The average molecular weight is 328 g/mol. The fraction of sp³-hybridized carbons (Fsp3) is 0.389. The van der Waals surface area contributed by atoms with Crippen LogP contribution in [0.4, 0.5) is 5.69 Å². The number of hydrogen-bond donors (Lipinski definition) is 0. The van der Waals surface area contributed by atoms with Crippen LogP contribution in [0.25, 0.3) is 0 Å². The van der Waals surface area contributed by atoms with E-state index < -0.39 is 0 Å². The van der Waals surface area contributed by atoms with Crippen molar-refractivity contribution in [2.75, 3.05) is 24.6 Å². The van der Waals surface area contributed by atoms with Gasteiger partial charge in [-0.15, -0.1) is 0 Å². The molecule has 6 nitrogen and oxygen atoms in total. The van der Waals surface area contributed by atoms with Crippen LogP contribution in [0.1, 0.15) is 19.8 Å². The molecule has 0 spiro atoms. The summed E-state index contributed by atoms with van der Waals surface area (Å²) < 4.78 is 5.08. The van der Waals surface area contributed by atoms with Crippen molar-refractivity contribution in [2.45, 2.75) is 19.8 Å². The number of benzene rings is 1. The molecule has 0 aromatic heterocycles. The molecule has 3 rings (SSSR count). The highest BCUT2D eigenvalue weighted by Crippen LogP contribution is 2.28. The summed E-state index contributed by atoms with van der Waals surface area (Å²) in [6.45, 7) is 3.19. The van der Waals surface area contributed by atoms with Gasteiger partial charge in [0, 0.05) is 19.2 Å². The van der Waals surface area contributed by atoms with E-state index in [9.17, 15) is 14.4 Å². The van der Waals surface area contributed by atoms with Crippen LogP contribution in [0, 0.1) is 5.92 Å². The van der Waals surface area contributed by atoms with E-state index in [1.807, 2.05) is 11.0 Å². The van der Waals surface area contributed by atoms with Gasteiger partial charge in [-0.1, -0.05) is 18.2 Å². The highest BCUT2D eigenvalue weighted by atomic mass is 16.5. The van der Waals surface area contributed by atoms with E-state index in [0.717, 1.165) is 12.8 Å². The fourth-order valence-corrected chi connectivity index (χ4v) is 3.15. The lowest BCUT2D eigenvalue weighted by molar-refractivity contribution is -0.149. The molecule has 0 aliphatic carbocycles. The second-order valence-electron chi connectivity index (χ2n) is 5.88. The van der Waals surface area contributed by atoms with E-state index in [1.54, 1.807) is 31.2 Å². The maximum atomic E-state index is 12.7. The van der Waals surface area contributed by atoms with Crippen LogP contribution < -0.4 is 4.90 Å². The van der Waals surface area contributed by atoms with Gasteiger partial charge >= 0.3 is 5.97 Å². The lowest BCUT2D eigenvalue weighted by atomic mass is 9.97. The second-order valence-corrected chi connectivity index (χ2v) is 5.88. The SMILES string of the molecule is CCOC(=O)[C@@H]1CCCN(C2=CC(=O)N(c3ccccc3)C2=O)C1. The first-order chi connectivity index (χ1) is 11.6. The maximum absolute atomic E-state index is 12.7. The number of imide groups is 1. The fourth-order valence-electron chi connectivity index (χ4n) is 3.15. The van der Waals surface area contributed by atoms with Crippen LogP contribution in [0.15, 0.2) is 42.1 Å². The molecular formula is C18H20N2O4. The molecule has 6 heteroatoms. The predicted octanol–water partition coefficient (Wildman–Crippen LogP) is 1.72. The molecule has 2 aliphatic heterocycles. The smallest absolute Gasteiger partial charge is 0.310 e. The zero-order valence-electron chi connectivity index (χ0n) is 13.6. The van der Waals surface area contributed by atoms with Gasteiger partial charge in [0.2, 0.25) is 0 Å². The molecule has 126 valence electrons. The van der Waals surface area contributed by atoms with E-state index in [1.165, 1.54) is 11.0 Å². The minimum atomic E-state index is -0.348. The molecule has 2 aliphatic rings. The van der Waals surface area contributed by atoms with Gasteiger partial charge in [0.25, 0.3) is 11.8 Å². The molecule has 0 N–H and O–H groups in total. The molecule has 1 fully saturated rings. The normalized spacial score (nSPS) is 21.0. The molecule has 24 heavy (non-hydrogen) atoms. The van der Waals surface area contributed by atoms with Crippen LogP contribution in [0.3, 0.4) is 0 Å². The van der Waals surface area contributed by atoms with Crippen LogP contribution >= 0.6 is 0 Å². The monoisotopic (exact) mass is 328 g/mol. The minimum Gasteiger partial charge on any atom is -0.466 e. The van der Waals surface area contributed by atoms with Crippen molar-refractivity contribution in [1.82, 2.24) is 4.90 Å². The predicted molar refractivity (Wildman–Crippen MR) is 87.9 cm³/mol. The van der Waals surface area contributed by atoms with Gasteiger partial charge in [-0.3, -0.25) is 14.4 Å². The van der Waals surface area contributed by atoms with Crippen molar-refractivity contribution in [3.63, 3.8) is 0 Å². The van der Waals surface area contributed by atoms with Gasteiger partial charge in [0.1, 0.15) is 5.70 Å². The van der Waals surface area contributed by atoms with Crippen LogP contribution in [-0.4, -0.2) is 42.4 Å². The summed E-state index contributed by atoms with van der Waals surface area (Å²) in [5.41, 5.74) is 0.913. The first kappa shape index (κ1) is 16.2. The van der Waals surface area contributed by atoms with Gasteiger partial charge in [0.05, 0.1) is 18.2 Å². The largest absolute Gasteiger partial charge is 0.466 e. The second kappa shape index (κ2) is 6.86. The Kier molecular flexibility index (Phi) is 4.64. The first-order valence-electron chi connectivity index (χ1n) is 8.18. The molecule has 1 aromatic carbocycles.